The molecule has 2 aromatic rings. The quantitative estimate of drug-likeness (QED) is 0.496. The normalized spacial score (nSPS) is 10.2. The zero-order chi connectivity index (χ0) is 14.4. The van der Waals surface area contributed by atoms with Crippen molar-refractivity contribution in [2.45, 2.75) is 19.8 Å². The number of hydrogen-bond donors (Lipinski definition) is 4. The van der Waals surface area contributed by atoms with E-state index in [1.54, 1.807) is 24.3 Å². The zero-order valence-corrected chi connectivity index (χ0v) is 11.4. The van der Waals surface area contributed by atoms with E-state index in [2.05, 4.69) is 20.8 Å². The van der Waals surface area contributed by atoms with Crippen LogP contribution >= 0.6 is 0 Å². The molecule has 0 aliphatic rings. The molecule has 0 unspecified atom stereocenters. The highest BCUT2D eigenvalue weighted by Crippen LogP contribution is 2.10. The largest absolute Gasteiger partial charge is 0.399 e. The molecule has 0 saturated heterocycles. The van der Waals surface area contributed by atoms with Crippen molar-refractivity contribution in [3.8, 4) is 0 Å². The summed E-state index contributed by atoms with van der Waals surface area (Å²) in [6.45, 7) is 2.61. The molecule has 0 fully saturated rings. The van der Waals surface area contributed by atoms with Gasteiger partial charge in [-0.25, -0.2) is 4.79 Å². The van der Waals surface area contributed by atoms with E-state index in [1.165, 1.54) is 5.56 Å². The number of aromatic amines is 1. The van der Waals surface area contributed by atoms with E-state index in [1.807, 2.05) is 13.1 Å². The molecule has 0 radical (unpaired) electrons. The maximum absolute atomic E-state index is 11.7. The number of urea groups is 1. The summed E-state index contributed by atoms with van der Waals surface area (Å²) >= 11 is 0. The molecule has 2 amide bonds. The first kappa shape index (κ1) is 13.9. The number of hydrogen-bond acceptors (Lipinski definition) is 3. The fraction of sp³-hybridized carbons (Fsp3) is 0.286. The Bertz CT molecular complexity index is 561. The molecule has 0 saturated carbocycles. The van der Waals surface area contributed by atoms with Gasteiger partial charge in [0.25, 0.3) is 0 Å². The van der Waals surface area contributed by atoms with E-state index in [0.29, 0.717) is 12.2 Å². The molecule has 1 aromatic heterocycles. The number of nitrogen functional groups attached to an aromatic ring is 1. The first-order valence-electron chi connectivity index (χ1n) is 6.54. The Balaban J connectivity index is 1.68. The van der Waals surface area contributed by atoms with E-state index in [-0.39, 0.29) is 6.03 Å². The van der Waals surface area contributed by atoms with Crippen LogP contribution in [0.5, 0.6) is 0 Å². The lowest BCUT2D eigenvalue weighted by Crippen LogP contribution is -2.29. The Morgan fingerprint density at radius 2 is 2.10 bits per heavy atom. The molecule has 20 heavy (non-hydrogen) atoms. The van der Waals surface area contributed by atoms with Crippen molar-refractivity contribution in [1.82, 2.24) is 15.5 Å². The van der Waals surface area contributed by atoms with Crippen LogP contribution in [0.1, 0.15) is 17.7 Å². The van der Waals surface area contributed by atoms with Crippen LogP contribution in [0, 0.1) is 6.92 Å². The number of H-pyrrole nitrogens is 1. The second-order valence-electron chi connectivity index (χ2n) is 4.63. The van der Waals surface area contributed by atoms with Gasteiger partial charge in [-0.15, -0.1) is 0 Å². The number of carbonyl (C=O) groups is 1. The Labute approximate surface area is 117 Å². The van der Waals surface area contributed by atoms with Crippen molar-refractivity contribution < 1.29 is 4.79 Å². The first-order chi connectivity index (χ1) is 9.65. The minimum absolute atomic E-state index is 0.210. The van der Waals surface area contributed by atoms with E-state index in [9.17, 15) is 4.79 Å². The minimum Gasteiger partial charge on any atom is -0.399 e. The number of benzene rings is 1. The van der Waals surface area contributed by atoms with Crippen molar-refractivity contribution in [2.24, 2.45) is 0 Å². The molecule has 0 atom stereocenters. The number of anilines is 2. The summed E-state index contributed by atoms with van der Waals surface area (Å²) in [5.74, 6) is 0. The van der Waals surface area contributed by atoms with Crippen LogP contribution < -0.4 is 16.4 Å². The molecule has 6 nitrogen and oxygen atoms in total. The number of nitrogens with zero attached hydrogens (tertiary/aromatic N) is 1. The van der Waals surface area contributed by atoms with Crippen molar-refractivity contribution in [3.05, 3.63) is 41.7 Å². The Morgan fingerprint density at radius 1 is 1.35 bits per heavy atom. The standard InChI is InChI=1S/C14H19N5O/c1-10-11(9-17-19-10)3-2-8-16-14(20)18-13-6-4-12(15)5-7-13/h4-7,9H,2-3,8,15H2,1H3,(H,17,19)(H2,16,18,20). The number of nitrogens with one attached hydrogen (secondary N) is 3. The molecule has 1 heterocycles. The van der Waals surface area contributed by atoms with Crippen LogP contribution in [-0.2, 0) is 6.42 Å². The third kappa shape index (κ3) is 4.01. The number of rotatable bonds is 5. The SMILES string of the molecule is Cc1[nH]ncc1CCCNC(=O)Nc1ccc(N)cc1. The van der Waals surface area contributed by atoms with E-state index < -0.39 is 0 Å². The van der Waals surface area contributed by atoms with Gasteiger partial charge < -0.3 is 16.4 Å². The lowest BCUT2D eigenvalue weighted by molar-refractivity contribution is 0.252. The van der Waals surface area contributed by atoms with Crippen molar-refractivity contribution >= 4 is 17.4 Å². The van der Waals surface area contributed by atoms with Crippen LogP contribution in [0.15, 0.2) is 30.5 Å². The lowest BCUT2D eigenvalue weighted by atomic mass is 10.1. The number of amides is 2. The van der Waals surface area contributed by atoms with Crippen LogP contribution in [-0.4, -0.2) is 22.8 Å². The third-order valence-electron chi connectivity index (χ3n) is 3.01. The Hall–Kier alpha value is -2.50. The molecule has 0 spiro atoms. The molecule has 5 N–H and O–H groups in total. The van der Waals surface area contributed by atoms with Gasteiger partial charge in [0.1, 0.15) is 0 Å². The van der Waals surface area contributed by atoms with Crippen LogP contribution in [0.3, 0.4) is 0 Å². The van der Waals surface area contributed by atoms with Gasteiger partial charge in [-0.1, -0.05) is 0 Å². The van der Waals surface area contributed by atoms with Crippen molar-refractivity contribution in [3.63, 3.8) is 0 Å². The number of carbonyl (C=O) groups excluding carboxylic acids is 1. The van der Waals surface area contributed by atoms with Crippen LogP contribution in [0.2, 0.25) is 0 Å². The lowest BCUT2D eigenvalue weighted by Gasteiger charge is -2.07. The smallest absolute Gasteiger partial charge is 0.319 e. The minimum atomic E-state index is -0.210. The van der Waals surface area contributed by atoms with Gasteiger partial charge in [-0.2, -0.15) is 5.10 Å². The van der Waals surface area contributed by atoms with E-state index in [4.69, 9.17) is 5.73 Å². The van der Waals surface area contributed by atoms with Gasteiger partial charge in [-0.05, 0) is 49.6 Å². The number of nitrogens with two attached hydrogens (primary N) is 1. The second kappa shape index (κ2) is 6.60. The highest BCUT2D eigenvalue weighted by Gasteiger charge is 2.02. The Kier molecular flexibility index (Phi) is 4.60. The third-order valence-corrected chi connectivity index (χ3v) is 3.01. The maximum Gasteiger partial charge on any atom is 0.319 e. The maximum atomic E-state index is 11.7. The summed E-state index contributed by atoms with van der Waals surface area (Å²) < 4.78 is 0. The summed E-state index contributed by atoms with van der Waals surface area (Å²) in [4.78, 5) is 11.7. The molecule has 6 heteroatoms. The summed E-state index contributed by atoms with van der Waals surface area (Å²) in [5, 5.41) is 12.4. The van der Waals surface area contributed by atoms with Crippen molar-refractivity contribution in [1.29, 1.82) is 0 Å². The molecule has 106 valence electrons. The van der Waals surface area contributed by atoms with Gasteiger partial charge in [0.2, 0.25) is 0 Å². The molecule has 0 aliphatic carbocycles. The predicted molar refractivity (Wildman–Crippen MR) is 79.5 cm³/mol. The second-order valence-corrected chi connectivity index (χ2v) is 4.63. The summed E-state index contributed by atoms with van der Waals surface area (Å²) in [5.41, 5.74) is 9.24. The summed E-state index contributed by atoms with van der Waals surface area (Å²) in [7, 11) is 0. The molecule has 0 bridgehead atoms. The highest BCUT2D eigenvalue weighted by molar-refractivity contribution is 5.89. The van der Waals surface area contributed by atoms with Gasteiger partial charge in [0, 0.05) is 23.6 Å². The first-order valence-corrected chi connectivity index (χ1v) is 6.54. The number of aryl methyl sites for hydroxylation is 2. The zero-order valence-electron chi connectivity index (χ0n) is 11.4. The van der Waals surface area contributed by atoms with Gasteiger partial charge in [-0.3, -0.25) is 5.10 Å². The topological polar surface area (TPSA) is 95.8 Å². The van der Waals surface area contributed by atoms with Gasteiger partial charge in [0.05, 0.1) is 6.20 Å². The highest BCUT2D eigenvalue weighted by atomic mass is 16.2. The molecular weight excluding hydrogens is 254 g/mol. The molecule has 2 rings (SSSR count). The predicted octanol–water partition coefficient (Wildman–Crippen LogP) is 2.05. The van der Waals surface area contributed by atoms with E-state index in [0.717, 1.165) is 24.2 Å². The van der Waals surface area contributed by atoms with E-state index >= 15 is 0 Å². The van der Waals surface area contributed by atoms with Crippen LogP contribution in [0.25, 0.3) is 0 Å². The molecule has 1 aromatic carbocycles. The fourth-order valence-corrected chi connectivity index (χ4v) is 1.85. The summed E-state index contributed by atoms with van der Waals surface area (Å²) in [6.07, 6.45) is 3.59. The van der Waals surface area contributed by atoms with Gasteiger partial charge >= 0.3 is 6.03 Å². The monoisotopic (exact) mass is 273 g/mol. The summed E-state index contributed by atoms with van der Waals surface area (Å²) in [6, 6.07) is 6.82. The average Bonchev–Trinajstić information content (AvgIpc) is 2.83. The van der Waals surface area contributed by atoms with Crippen LogP contribution in [0.4, 0.5) is 16.2 Å². The number of aromatic nitrogens is 2. The Morgan fingerprint density at radius 3 is 2.75 bits per heavy atom. The van der Waals surface area contributed by atoms with Crippen molar-refractivity contribution in [2.75, 3.05) is 17.6 Å². The van der Waals surface area contributed by atoms with Gasteiger partial charge in [0.15, 0.2) is 0 Å². The molecular formula is C14H19N5O. The average molecular weight is 273 g/mol. The molecule has 0 aliphatic heterocycles. The fourth-order valence-electron chi connectivity index (χ4n) is 1.85.